The highest BCUT2D eigenvalue weighted by atomic mass is 16.7. The monoisotopic (exact) mass is 503 g/mol. The van der Waals surface area contributed by atoms with Crippen LogP contribution in [0.4, 0.5) is 0 Å². The molecule has 0 heterocycles. The van der Waals surface area contributed by atoms with Gasteiger partial charge in [0.25, 0.3) is 0 Å². The Morgan fingerprint density at radius 3 is 1.79 bits per heavy atom. The van der Waals surface area contributed by atoms with E-state index >= 15 is 0 Å². The van der Waals surface area contributed by atoms with Gasteiger partial charge in [-0.1, -0.05) is 54.2 Å². The van der Waals surface area contributed by atoms with Crippen LogP contribution in [0.3, 0.4) is 0 Å². The highest BCUT2D eigenvalue weighted by Crippen LogP contribution is 2.53. The number of methoxy groups -OCH3 is 2. The third kappa shape index (κ3) is 3.98. The van der Waals surface area contributed by atoms with Crippen molar-refractivity contribution in [3.05, 3.63) is 136 Å². The van der Waals surface area contributed by atoms with Crippen molar-refractivity contribution >= 4 is 21.5 Å². The summed E-state index contributed by atoms with van der Waals surface area (Å²) < 4.78 is 12.4. The molecular weight excluding hydrogens is 476 g/mol. The van der Waals surface area contributed by atoms with Gasteiger partial charge in [0.15, 0.2) is 0 Å². The normalized spacial score (nSPS) is 16.9. The molecule has 5 aromatic rings. The van der Waals surface area contributed by atoms with Crippen molar-refractivity contribution in [3.8, 4) is 23.7 Å². The molecule has 186 valence electrons. The molecule has 5 aromatic carbocycles. The Balaban J connectivity index is 1.48. The average molecular weight is 504 g/mol. The van der Waals surface area contributed by atoms with Crippen molar-refractivity contribution in [2.24, 2.45) is 0 Å². The molecule has 2 aliphatic carbocycles. The topological polar surface area (TPSA) is 18.5 Å². The molecule has 1 saturated carbocycles. The lowest BCUT2D eigenvalue weighted by Crippen LogP contribution is -2.42. The largest absolute Gasteiger partial charge is 0.339 e. The van der Waals surface area contributed by atoms with Crippen LogP contribution >= 0.6 is 0 Å². The molecule has 0 spiro atoms. The van der Waals surface area contributed by atoms with Gasteiger partial charge >= 0.3 is 0 Å². The fraction of sp³-hybridized carbons (Fsp3) is 0.162. The standard InChI is InChI=1S/C37H27O2/c1-38-37(39-2)35-19-20-36(37)32-8-4-6-26(22-32)10-12-28-14-16-30-18-17-29-15-13-27(23-33(29)34(30)24-28)11-9-25-5-3-7-31(35)21-25/h3-8,13-18,21-24,35H,19-20H2,1-2H3/q+1. The Hall–Kier alpha value is -4.47. The summed E-state index contributed by atoms with van der Waals surface area (Å²) in [5.41, 5.74) is 6.21. The maximum absolute atomic E-state index is 6.22. The minimum Gasteiger partial charge on any atom is -0.339 e. The van der Waals surface area contributed by atoms with Crippen LogP contribution in [0.15, 0.2) is 97.1 Å². The first-order valence-electron chi connectivity index (χ1n) is 13.3. The van der Waals surface area contributed by atoms with Gasteiger partial charge in [-0.2, -0.15) is 0 Å². The Kier molecular flexibility index (Phi) is 5.68. The summed E-state index contributed by atoms with van der Waals surface area (Å²) in [6, 6.07) is 34.2. The van der Waals surface area contributed by atoms with E-state index in [1.54, 1.807) is 14.2 Å². The van der Waals surface area contributed by atoms with Crippen molar-refractivity contribution in [2.45, 2.75) is 24.5 Å². The zero-order valence-electron chi connectivity index (χ0n) is 22.0. The molecule has 1 atom stereocenters. The minimum absolute atomic E-state index is 0.0523. The first kappa shape index (κ1) is 23.6. The third-order valence-electron chi connectivity index (χ3n) is 8.21. The van der Waals surface area contributed by atoms with Gasteiger partial charge in [0.2, 0.25) is 5.79 Å². The molecule has 39 heavy (non-hydrogen) atoms. The Labute approximate surface area is 229 Å². The number of rotatable bonds is 2. The van der Waals surface area contributed by atoms with E-state index in [-0.39, 0.29) is 5.92 Å². The second kappa shape index (κ2) is 9.37. The fourth-order valence-corrected chi connectivity index (χ4v) is 6.32. The average Bonchev–Trinajstić information content (AvgIpc) is 3.38. The predicted octanol–water partition coefficient (Wildman–Crippen LogP) is 7.60. The summed E-state index contributed by atoms with van der Waals surface area (Å²) in [6.45, 7) is 0. The van der Waals surface area contributed by atoms with E-state index in [2.05, 4.69) is 121 Å². The van der Waals surface area contributed by atoms with Crippen LogP contribution in [-0.4, -0.2) is 20.0 Å². The number of hydrogen-bond donors (Lipinski definition) is 0. The number of fused-ring (bicyclic) bond motifs is 10. The van der Waals surface area contributed by atoms with E-state index < -0.39 is 5.79 Å². The van der Waals surface area contributed by atoms with Gasteiger partial charge in [0.1, 0.15) is 5.56 Å². The van der Waals surface area contributed by atoms with Crippen molar-refractivity contribution in [3.63, 3.8) is 0 Å². The SMILES string of the molecule is COC1(OC)[C+]2CCC1c1cccc(c1)C#Cc1ccc3ccc4ccc(cc4c3c1)C#Cc1cccc2c1. The molecule has 2 aliphatic rings. The maximum Gasteiger partial charge on any atom is 0.246 e. The van der Waals surface area contributed by atoms with Gasteiger partial charge in [-0.25, -0.2) is 0 Å². The molecule has 0 N–H and O–H groups in total. The van der Waals surface area contributed by atoms with Crippen LogP contribution in [0.5, 0.6) is 0 Å². The Bertz CT molecular complexity index is 1740. The number of ether oxygens (including phenoxy) is 2. The zero-order chi connectivity index (χ0) is 26.4. The molecule has 0 aromatic heterocycles. The highest BCUT2D eigenvalue weighted by molar-refractivity contribution is 6.08. The maximum atomic E-state index is 6.22. The molecule has 2 nitrogen and oxygen atoms in total. The lowest BCUT2D eigenvalue weighted by molar-refractivity contribution is -0.195. The van der Waals surface area contributed by atoms with Gasteiger partial charge in [-0.05, 0) is 88.0 Å². The van der Waals surface area contributed by atoms with Gasteiger partial charge in [0, 0.05) is 43.4 Å². The van der Waals surface area contributed by atoms with Crippen LogP contribution in [-0.2, 0) is 9.47 Å². The van der Waals surface area contributed by atoms with Gasteiger partial charge in [0.05, 0.1) is 23.5 Å². The molecule has 7 rings (SSSR count). The Morgan fingerprint density at radius 1 is 0.641 bits per heavy atom. The summed E-state index contributed by atoms with van der Waals surface area (Å²) in [5, 5.41) is 4.77. The number of hydrogen-bond acceptors (Lipinski definition) is 2. The molecule has 0 radical (unpaired) electrons. The molecule has 2 heteroatoms. The predicted molar refractivity (Wildman–Crippen MR) is 157 cm³/mol. The molecule has 1 unspecified atom stereocenters. The van der Waals surface area contributed by atoms with Crippen molar-refractivity contribution in [1.29, 1.82) is 0 Å². The first-order chi connectivity index (χ1) is 19.2. The quantitative estimate of drug-likeness (QED) is 0.107. The Morgan fingerprint density at radius 2 is 1.18 bits per heavy atom. The fourth-order valence-electron chi connectivity index (χ4n) is 6.32. The van der Waals surface area contributed by atoms with Crippen LogP contribution < -0.4 is 0 Å². The smallest absolute Gasteiger partial charge is 0.246 e. The highest BCUT2D eigenvalue weighted by Gasteiger charge is 2.57. The van der Waals surface area contributed by atoms with E-state index in [1.165, 1.54) is 27.1 Å². The summed E-state index contributed by atoms with van der Waals surface area (Å²) in [5.74, 6) is 14.0. The van der Waals surface area contributed by atoms with Crippen molar-refractivity contribution < 1.29 is 9.47 Å². The van der Waals surface area contributed by atoms with E-state index in [1.807, 2.05) is 0 Å². The first-order valence-corrected chi connectivity index (χ1v) is 13.3. The minimum atomic E-state index is -0.848. The van der Waals surface area contributed by atoms with Gasteiger partial charge < -0.3 is 9.47 Å². The molecule has 0 amide bonds. The second-order valence-electron chi connectivity index (χ2n) is 10.3. The van der Waals surface area contributed by atoms with E-state index in [0.717, 1.165) is 46.6 Å². The van der Waals surface area contributed by atoms with Gasteiger partial charge in [-0.3, -0.25) is 0 Å². The van der Waals surface area contributed by atoms with Crippen LogP contribution in [0.1, 0.15) is 52.1 Å². The lowest BCUT2D eigenvalue weighted by atomic mass is 9.85. The van der Waals surface area contributed by atoms with E-state index in [4.69, 9.17) is 9.47 Å². The molecular formula is C37H27O2+. The van der Waals surface area contributed by atoms with Crippen LogP contribution in [0.25, 0.3) is 21.5 Å². The summed E-state index contributed by atoms with van der Waals surface area (Å²) in [6.07, 6.45) is 1.81. The lowest BCUT2D eigenvalue weighted by Gasteiger charge is -2.34. The van der Waals surface area contributed by atoms with Crippen LogP contribution in [0.2, 0.25) is 0 Å². The van der Waals surface area contributed by atoms with Crippen molar-refractivity contribution in [2.75, 3.05) is 14.2 Å². The molecule has 1 fully saturated rings. The summed E-state index contributed by atoms with van der Waals surface area (Å²) >= 11 is 0. The molecule has 0 aliphatic heterocycles. The summed E-state index contributed by atoms with van der Waals surface area (Å²) in [4.78, 5) is 0. The zero-order valence-corrected chi connectivity index (χ0v) is 22.0. The summed E-state index contributed by atoms with van der Waals surface area (Å²) in [7, 11) is 3.49. The van der Waals surface area contributed by atoms with Crippen LogP contribution in [0, 0.1) is 29.6 Å². The van der Waals surface area contributed by atoms with Gasteiger partial charge in [-0.15, -0.1) is 0 Å². The molecule has 0 saturated heterocycles. The van der Waals surface area contributed by atoms with E-state index in [0.29, 0.717) is 0 Å². The number of benzene rings is 5. The van der Waals surface area contributed by atoms with Crippen molar-refractivity contribution in [1.82, 2.24) is 0 Å². The molecule has 10 bridgehead atoms. The second-order valence-corrected chi connectivity index (χ2v) is 10.3. The third-order valence-corrected chi connectivity index (χ3v) is 8.21. The van der Waals surface area contributed by atoms with E-state index in [9.17, 15) is 0 Å².